The van der Waals surface area contributed by atoms with E-state index < -0.39 is 0 Å². The third-order valence-electron chi connectivity index (χ3n) is 6.68. The lowest BCUT2D eigenvalue weighted by Gasteiger charge is -2.41. The Morgan fingerprint density at radius 2 is 1.96 bits per heavy atom. The molecule has 2 aliphatic rings. The van der Waals surface area contributed by atoms with Gasteiger partial charge in [-0.1, -0.05) is 38.5 Å². The van der Waals surface area contributed by atoms with Gasteiger partial charge in [-0.05, 0) is 56.2 Å². The molecule has 1 fully saturated rings. The Hall–Kier alpha value is -2.36. The Morgan fingerprint density at radius 3 is 2.70 bits per heavy atom. The van der Waals surface area contributed by atoms with Crippen molar-refractivity contribution < 1.29 is 4.79 Å². The number of pyridine rings is 1. The maximum absolute atomic E-state index is 13.9. The van der Waals surface area contributed by atoms with Crippen LogP contribution < -0.4 is 10.2 Å². The summed E-state index contributed by atoms with van der Waals surface area (Å²) >= 11 is 0. The van der Waals surface area contributed by atoms with Crippen molar-refractivity contribution in [1.82, 2.24) is 4.98 Å². The van der Waals surface area contributed by atoms with E-state index in [-0.39, 0.29) is 11.3 Å². The summed E-state index contributed by atoms with van der Waals surface area (Å²) in [5.41, 5.74) is 2.75. The van der Waals surface area contributed by atoms with E-state index in [4.69, 9.17) is 0 Å². The number of amides is 1. The van der Waals surface area contributed by atoms with Gasteiger partial charge in [0.1, 0.15) is 5.82 Å². The predicted octanol–water partition coefficient (Wildman–Crippen LogP) is 5.67. The third kappa shape index (κ3) is 3.22. The van der Waals surface area contributed by atoms with Crippen molar-refractivity contribution in [3.8, 4) is 0 Å². The van der Waals surface area contributed by atoms with E-state index in [0.717, 1.165) is 47.9 Å². The first-order valence-electron chi connectivity index (χ1n) is 10.3. The molecule has 1 aromatic carbocycles. The van der Waals surface area contributed by atoms with E-state index in [9.17, 15) is 4.79 Å². The summed E-state index contributed by atoms with van der Waals surface area (Å²) < 4.78 is 0. The highest BCUT2D eigenvalue weighted by Gasteiger charge is 2.43. The van der Waals surface area contributed by atoms with E-state index in [1.54, 1.807) is 6.20 Å². The fourth-order valence-electron chi connectivity index (χ4n) is 4.70. The topological polar surface area (TPSA) is 45.2 Å². The molecule has 1 aliphatic heterocycles. The van der Waals surface area contributed by atoms with Crippen LogP contribution in [0.4, 0.5) is 17.2 Å². The zero-order valence-electron chi connectivity index (χ0n) is 16.4. The van der Waals surface area contributed by atoms with E-state index in [2.05, 4.69) is 30.2 Å². The Morgan fingerprint density at radius 1 is 1.19 bits per heavy atom. The molecule has 142 valence electrons. The normalized spacial score (nSPS) is 24.4. The lowest BCUT2D eigenvalue weighted by atomic mass is 9.67. The zero-order chi connectivity index (χ0) is 18.9. The van der Waals surface area contributed by atoms with E-state index in [0.29, 0.717) is 6.54 Å². The number of benzene rings is 1. The summed E-state index contributed by atoms with van der Waals surface area (Å²) in [6, 6.07) is 12.1. The van der Waals surface area contributed by atoms with E-state index in [1.165, 1.54) is 19.3 Å². The molecule has 1 saturated carbocycles. The van der Waals surface area contributed by atoms with Crippen LogP contribution in [0.3, 0.4) is 0 Å². The van der Waals surface area contributed by atoms with Crippen LogP contribution in [-0.2, 0) is 11.3 Å². The van der Waals surface area contributed by atoms with Crippen LogP contribution in [0.5, 0.6) is 0 Å². The number of para-hydroxylation sites is 2. The van der Waals surface area contributed by atoms with Crippen molar-refractivity contribution in [2.24, 2.45) is 11.3 Å². The van der Waals surface area contributed by atoms with Gasteiger partial charge in [-0.2, -0.15) is 0 Å². The lowest BCUT2D eigenvalue weighted by molar-refractivity contribution is -0.131. The molecule has 1 aliphatic carbocycles. The molecule has 0 saturated heterocycles. The van der Waals surface area contributed by atoms with Gasteiger partial charge in [0.2, 0.25) is 5.91 Å². The number of hydrogen-bond acceptors (Lipinski definition) is 3. The molecule has 4 rings (SSSR count). The summed E-state index contributed by atoms with van der Waals surface area (Å²) in [6.45, 7) is 5.03. The lowest BCUT2D eigenvalue weighted by Crippen LogP contribution is -2.45. The number of hydrogen-bond donors (Lipinski definition) is 1. The molecular formula is C23H29N3O. The minimum Gasteiger partial charge on any atom is -0.338 e. The molecule has 4 heteroatoms. The van der Waals surface area contributed by atoms with Gasteiger partial charge in [-0.25, -0.2) is 4.98 Å². The fraction of sp³-hybridized carbons (Fsp3) is 0.478. The summed E-state index contributed by atoms with van der Waals surface area (Å²) in [5.74, 6) is 1.91. The standard InChI is InChI=1S/C23H29N3O/c1-3-17-11-13-23(4-2,14-12-17)22(27)26-16-18-8-7-15-24-21(18)25-19-9-5-6-10-20(19)26/h5-10,15,17H,3-4,11-14,16H2,1-2H3,(H,24,25). The smallest absolute Gasteiger partial charge is 0.233 e. The molecule has 0 radical (unpaired) electrons. The second kappa shape index (κ2) is 7.34. The number of anilines is 3. The highest BCUT2D eigenvalue weighted by molar-refractivity contribution is 6.01. The van der Waals surface area contributed by atoms with Crippen LogP contribution in [0.25, 0.3) is 0 Å². The largest absolute Gasteiger partial charge is 0.338 e. The minimum absolute atomic E-state index is 0.231. The van der Waals surface area contributed by atoms with Gasteiger partial charge >= 0.3 is 0 Å². The predicted molar refractivity (Wildman–Crippen MR) is 110 cm³/mol. The number of carbonyl (C=O) groups excluding carboxylic acids is 1. The number of carbonyl (C=O) groups is 1. The van der Waals surface area contributed by atoms with Crippen LogP contribution >= 0.6 is 0 Å². The van der Waals surface area contributed by atoms with Crippen molar-refractivity contribution in [1.29, 1.82) is 0 Å². The molecule has 27 heavy (non-hydrogen) atoms. The number of rotatable bonds is 3. The Kier molecular flexibility index (Phi) is 4.90. The van der Waals surface area contributed by atoms with Gasteiger partial charge in [-0.3, -0.25) is 4.79 Å². The first-order valence-corrected chi connectivity index (χ1v) is 10.3. The van der Waals surface area contributed by atoms with Crippen molar-refractivity contribution in [3.63, 3.8) is 0 Å². The first kappa shape index (κ1) is 18.0. The molecule has 0 unspecified atom stereocenters. The van der Waals surface area contributed by atoms with Gasteiger partial charge < -0.3 is 10.2 Å². The maximum atomic E-state index is 13.9. The second-order valence-electron chi connectivity index (χ2n) is 8.03. The van der Waals surface area contributed by atoms with Crippen molar-refractivity contribution in [3.05, 3.63) is 48.2 Å². The molecule has 1 amide bonds. The highest BCUT2D eigenvalue weighted by atomic mass is 16.2. The quantitative estimate of drug-likeness (QED) is 0.764. The van der Waals surface area contributed by atoms with Gasteiger partial charge in [0.05, 0.1) is 17.9 Å². The molecule has 2 heterocycles. The van der Waals surface area contributed by atoms with Crippen molar-refractivity contribution >= 4 is 23.1 Å². The third-order valence-corrected chi connectivity index (χ3v) is 6.68. The van der Waals surface area contributed by atoms with Gasteiger partial charge in [0.25, 0.3) is 0 Å². The number of fused-ring (bicyclic) bond motifs is 2. The Balaban J connectivity index is 1.72. The summed E-state index contributed by atoms with van der Waals surface area (Å²) in [4.78, 5) is 20.4. The van der Waals surface area contributed by atoms with Gasteiger partial charge in [-0.15, -0.1) is 0 Å². The van der Waals surface area contributed by atoms with Crippen LogP contribution in [0, 0.1) is 11.3 Å². The molecule has 1 N–H and O–H groups in total. The Bertz CT molecular complexity index is 824. The first-order chi connectivity index (χ1) is 13.2. The average Bonchev–Trinajstić information content (AvgIpc) is 2.90. The number of aromatic nitrogens is 1. The van der Waals surface area contributed by atoms with E-state index >= 15 is 0 Å². The minimum atomic E-state index is -0.231. The summed E-state index contributed by atoms with van der Waals surface area (Å²) in [7, 11) is 0. The SMILES string of the molecule is CCC1CCC(CC)(C(=O)N2Cc3cccnc3Nc3ccccc32)CC1. The van der Waals surface area contributed by atoms with Crippen LogP contribution in [0.15, 0.2) is 42.6 Å². The van der Waals surface area contributed by atoms with Gasteiger partial charge in [0.15, 0.2) is 0 Å². The molecule has 0 spiro atoms. The van der Waals surface area contributed by atoms with Gasteiger partial charge in [0, 0.05) is 17.2 Å². The molecule has 4 nitrogen and oxygen atoms in total. The molecule has 2 aromatic rings. The molecule has 0 atom stereocenters. The Labute approximate surface area is 162 Å². The fourth-order valence-corrected chi connectivity index (χ4v) is 4.70. The summed E-state index contributed by atoms with van der Waals surface area (Å²) in [6.07, 6.45) is 8.28. The van der Waals surface area contributed by atoms with Crippen molar-refractivity contribution in [2.45, 2.75) is 58.9 Å². The molecule has 1 aromatic heterocycles. The zero-order valence-corrected chi connectivity index (χ0v) is 16.4. The number of nitrogens with one attached hydrogen (secondary N) is 1. The highest BCUT2D eigenvalue weighted by Crippen LogP contribution is 2.46. The van der Waals surface area contributed by atoms with Crippen LogP contribution in [0.1, 0.15) is 57.9 Å². The van der Waals surface area contributed by atoms with E-state index in [1.807, 2.05) is 35.2 Å². The molecular weight excluding hydrogens is 334 g/mol. The number of nitrogens with zero attached hydrogens (tertiary/aromatic N) is 2. The average molecular weight is 364 g/mol. The molecule has 0 bridgehead atoms. The summed E-state index contributed by atoms with van der Waals surface area (Å²) in [5, 5.41) is 3.43. The second-order valence-corrected chi connectivity index (χ2v) is 8.03. The van der Waals surface area contributed by atoms with Crippen molar-refractivity contribution in [2.75, 3.05) is 10.2 Å². The van der Waals surface area contributed by atoms with Crippen LogP contribution in [0.2, 0.25) is 0 Å². The maximum Gasteiger partial charge on any atom is 0.233 e. The monoisotopic (exact) mass is 363 g/mol. The van der Waals surface area contributed by atoms with Crippen LogP contribution in [-0.4, -0.2) is 10.9 Å².